The summed E-state index contributed by atoms with van der Waals surface area (Å²) in [4.78, 5) is 25.9. The molecule has 0 unspecified atom stereocenters. The first-order valence-electron chi connectivity index (χ1n) is 4.00. The zero-order valence-corrected chi connectivity index (χ0v) is 9.88. The van der Waals surface area contributed by atoms with Crippen molar-refractivity contribution in [2.45, 2.75) is 6.42 Å². The molecule has 1 heterocycles. The molecule has 0 amide bonds. The summed E-state index contributed by atoms with van der Waals surface area (Å²) < 4.78 is 0. The number of aromatic nitrogens is 1. The molecule has 0 radical (unpaired) electrons. The van der Waals surface area contributed by atoms with Gasteiger partial charge in [0, 0.05) is 6.20 Å². The fraction of sp³-hybridized carbons (Fsp3) is 0.222. The molecular weight excluding hydrogens is 285 g/mol. The highest BCUT2D eigenvalue weighted by Gasteiger charge is 2.17. The quantitative estimate of drug-likeness (QED) is 0.680. The third-order valence-electron chi connectivity index (χ3n) is 1.70. The Morgan fingerprint density at radius 1 is 1.53 bits per heavy atom. The SMILES string of the molecule is O=C(O)Cc1nccc(Cl)c1C(=O)CBr. The van der Waals surface area contributed by atoms with Crippen molar-refractivity contribution in [2.75, 3.05) is 5.33 Å². The van der Waals surface area contributed by atoms with Gasteiger partial charge in [0.15, 0.2) is 5.78 Å². The summed E-state index contributed by atoms with van der Waals surface area (Å²) in [7, 11) is 0. The van der Waals surface area contributed by atoms with Crippen LogP contribution in [0.25, 0.3) is 0 Å². The topological polar surface area (TPSA) is 67.3 Å². The van der Waals surface area contributed by atoms with Crippen LogP contribution in [-0.4, -0.2) is 27.2 Å². The molecule has 6 heteroatoms. The molecule has 1 N–H and O–H groups in total. The molecule has 0 aliphatic heterocycles. The van der Waals surface area contributed by atoms with E-state index in [-0.39, 0.29) is 33.8 Å². The number of alkyl halides is 1. The molecule has 0 bridgehead atoms. The second kappa shape index (κ2) is 5.23. The first-order chi connectivity index (χ1) is 7.06. The minimum absolute atomic E-state index is 0.0883. The second-order valence-electron chi connectivity index (χ2n) is 2.74. The van der Waals surface area contributed by atoms with Crippen molar-refractivity contribution >= 4 is 39.3 Å². The van der Waals surface area contributed by atoms with Crippen LogP contribution in [0.5, 0.6) is 0 Å². The number of halogens is 2. The number of carboxylic acid groups (broad SMARTS) is 1. The first kappa shape index (κ1) is 12.1. The number of aliphatic carboxylic acids is 1. The Hall–Kier alpha value is -0.940. The standard InChI is InChI=1S/C9H7BrClNO3/c10-4-7(13)9-5(11)1-2-12-6(9)3-8(14)15/h1-2H,3-4H2,(H,14,15). The highest BCUT2D eigenvalue weighted by atomic mass is 79.9. The largest absolute Gasteiger partial charge is 0.481 e. The molecule has 0 aliphatic rings. The molecule has 0 spiro atoms. The maximum Gasteiger partial charge on any atom is 0.309 e. The van der Waals surface area contributed by atoms with Crippen molar-refractivity contribution in [3.8, 4) is 0 Å². The molecule has 0 saturated carbocycles. The monoisotopic (exact) mass is 291 g/mol. The van der Waals surface area contributed by atoms with Gasteiger partial charge in [-0.15, -0.1) is 0 Å². The minimum Gasteiger partial charge on any atom is -0.481 e. The Labute approximate surface area is 99.4 Å². The van der Waals surface area contributed by atoms with Gasteiger partial charge in [0.2, 0.25) is 0 Å². The van der Waals surface area contributed by atoms with E-state index in [1.807, 2.05) is 0 Å². The zero-order valence-electron chi connectivity index (χ0n) is 7.54. The molecule has 0 saturated heterocycles. The summed E-state index contributed by atoms with van der Waals surface area (Å²) in [6, 6.07) is 1.46. The number of ketones is 1. The van der Waals surface area contributed by atoms with Crippen LogP contribution in [0, 0.1) is 0 Å². The van der Waals surface area contributed by atoms with Gasteiger partial charge in [-0.05, 0) is 6.07 Å². The molecule has 4 nitrogen and oxygen atoms in total. The van der Waals surface area contributed by atoms with E-state index in [0.29, 0.717) is 0 Å². The van der Waals surface area contributed by atoms with E-state index >= 15 is 0 Å². The van der Waals surface area contributed by atoms with Gasteiger partial charge in [-0.1, -0.05) is 27.5 Å². The third-order valence-corrected chi connectivity index (χ3v) is 2.52. The van der Waals surface area contributed by atoms with Gasteiger partial charge < -0.3 is 5.11 Å². The molecule has 0 fully saturated rings. The molecule has 15 heavy (non-hydrogen) atoms. The normalized spacial score (nSPS) is 10.0. The van der Waals surface area contributed by atoms with Crippen molar-refractivity contribution in [1.82, 2.24) is 4.98 Å². The average molecular weight is 293 g/mol. The summed E-state index contributed by atoms with van der Waals surface area (Å²) in [6.45, 7) is 0. The van der Waals surface area contributed by atoms with Crippen LogP contribution in [0.3, 0.4) is 0 Å². The zero-order chi connectivity index (χ0) is 11.4. The van der Waals surface area contributed by atoms with Gasteiger partial charge in [-0.2, -0.15) is 0 Å². The lowest BCUT2D eigenvalue weighted by Gasteiger charge is -2.05. The Morgan fingerprint density at radius 2 is 2.20 bits per heavy atom. The van der Waals surface area contributed by atoms with Gasteiger partial charge in [0.1, 0.15) is 0 Å². The number of pyridine rings is 1. The number of Topliss-reactive ketones (excluding diaryl/α,β-unsaturated/α-hetero) is 1. The number of nitrogens with zero attached hydrogens (tertiary/aromatic N) is 1. The highest BCUT2D eigenvalue weighted by Crippen LogP contribution is 2.20. The molecule has 0 aromatic carbocycles. The Bertz CT molecular complexity index is 408. The van der Waals surface area contributed by atoms with Crippen molar-refractivity contribution in [1.29, 1.82) is 0 Å². The van der Waals surface area contributed by atoms with Gasteiger partial charge in [0.05, 0.1) is 28.0 Å². The minimum atomic E-state index is -1.05. The third kappa shape index (κ3) is 3.00. The number of carbonyl (C=O) groups is 2. The lowest BCUT2D eigenvalue weighted by molar-refractivity contribution is -0.136. The highest BCUT2D eigenvalue weighted by molar-refractivity contribution is 9.09. The second-order valence-corrected chi connectivity index (χ2v) is 3.71. The lowest BCUT2D eigenvalue weighted by atomic mass is 10.1. The smallest absolute Gasteiger partial charge is 0.309 e. The molecule has 0 atom stereocenters. The summed E-state index contributed by atoms with van der Waals surface area (Å²) in [5.74, 6) is -1.32. The first-order valence-corrected chi connectivity index (χ1v) is 5.50. The van der Waals surface area contributed by atoms with Crippen molar-refractivity contribution in [2.24, 2.45) is 0 Å². The lowest BCUT2D eigenvalue weighted by Crippen LogP contribution is -2.11. The van der Waals surface area contributed by atoms with E-state index < -0.39 is 5.97 Å². The summed E-state index contributed by atoms with van der Waals surface area (Å²) in [6.07, 6.45) is 1.07. The van der Waals surface area contributed by atoms with E-state index in [9.17, 15) is 9.59 Å². The maximum atomic E-state index is 11.5. The molecule has 1 rings (SSSR count). The van der Waals surface area contributed by atoms with Gasteiger partial charge >= 0.3 is 5.97 Å². The number of hydrogen-bond acceptors (Lipinski definition) is 3. The summed E-state index contributed by atoms with van der Waals surface area (Å²) in [5.41, 5.74) is 0.373. The van der Waals surface area contributed by atoms with Crippen LogP contribution < -0.4 is 0 Å². The Morgan fingerprint density at radius 3 is 2.73 bits per heavy atom. The van der Waals surface area contributed by atoms with E-state index in [0.717, 1.165) is 0 Å². The van der Waals surface area contributed by atoms with Crippen LogP contribution in [0.4, 0.5) is 0 Å². The van der Waals surface area contributed by atoms with Crippen LogP contribution in [0.2, 0.25) is 5.02 Å². The Kier molecular flexibility index (Phi) is 4.23. The molecule has 1 aromatic rings. The van der Waals surface area contributed by atoms with Gasteiger partial charge in [0.25, 0.3) is 0 Å². The van der Waals surface area contributed by atoms with Crippen molar-refractivity contribution in [3.05, 3.63) is 28.5 Å². The van der Waals surface area contributed by atoms with Crippen LogP contribution in [0.1, 0.15) is 16.1 Å². The molecule has 80 valence electrons. The van der Waals surface area contributed by atoms with Crippen LogP contribution >= 0.6 is 27.5 Å². The molecule has 0 aliphatic carbocycles. The number of hydrogen-bond donors (Lipinski definition) is 1. The Balaban J connectivity index is 3.20. The fourth-order valence-electron chi connectivity index (χ4n) is 1.12. The van der Waals surface area contributed by atoms with Gasteiger partial charge in [-0.25, -0.2) is 0 Å². The van der Waals surface area contributed by atoms with Crippen LogP contribution in [0.15, 0.2) is 12.3 Å². The van der Waals surface area contributed by atoms with E-state index in [1.165, 1.54) is 12.3 Å². The van der Waals surface area contributed by atoms with Crippen molar-refractivity contribution in [3.63, 3.8) is 0 Å². The van der Waals surface area contributed by atoms with E-state index in [4.69, 9.17) is 16.7 Å². The predicted octanol–water partition coefficient (Wildman–Crippen LogP) is 1.94. The van der Waals surface area contributed by atoms with E-state index in [2.05, 4.69) is 20.9 Å². The molecular formula is C9H7BrClNO3. The predicted molar refractivity (Wildman–Crippen MR) is 58.7 cm³/mol. The summed E-state index contributed by atoms with van der Waals surface area (Å²) >= 11 is 8.81. The number of rotatable bonds is 4. The fourth-order valence-corrected chi connectivity index (χ4v) is 1.67. The van der Waals surface area contributed by atoms with Crippen LogP contribution in [-0.2, 0) is 11.2 Å². The maximum absolute atomic E-state index is 11.5. The summed E-state index contributed by atoms with van der Waals surface area (Å²) in [5, 5.41) is 8.95. The average Bonchev–Trinajstić information content (AvgIpc) is 2.16. The number of carboxylic acids is 1. The van der Waals surface area contributed by atoms with Crippen molar-refractivity contribution < 1.29 is 14.7 Å². The van der Waals surface area contributed by atoms with E-state index in [1.54, 1.807) is 0 Å². The number of carbonyl (C=O) groups excluding carboxylic acids is 1. The molecule has 1 aromatic heterocycles. The van der Waals surface area contributed by atoms with Gasteiger partial charge in [-0.3, -0.25) is 14.6 Å².